The Bertz CT molecular complexity index is 1420. The van der Waals surface area contributed by atoms with Crippen LogP contribution in [0.2, 0.25) is 0 Å². The van der Waals surface area contributed by atoms with Crippen molar-refractivity contribution in [3.05, 3.63) is 46.1 Å². The lowest BCUT2D eigenvalue weighted by atomic mass is 9.89. The van der Waals surface area contributed by atoms with Gasteiger partial charge in [0, 0.05) is 23.0 Å². The standard InChI is InChI=1S/C25H25N5OS2/c1-14-6-9-17-19(12-14)33-24-21(17)23-27-28-25(30(23)22(26-24)16-7-8-16)32-13-20(31)29-11-10-15-4-2-3-5-18(15)29/h2-5,14,16H,6-13H2,1H3/t14-/m1/s1. The molecule has 2 aliphatic carbocycles. The van der Waals surface area contributed by atoms with Crippen LogP contribution in [0.3, 0.4) is 0 Å². The minimum Gasteiger partial charge on any atom is -0.311 e. The molecular formula is C25H25N5OS2. The Hall–Kier alpha value is -2.45. The van der Waals surface area contributed by atoms with Gasteiger partial charge < -0.3 is 4.90 Å². The zero-order chi connectivity index (χ0) is 22.1. The number of nitrogens with zero attached hydrogens (tertiary/aromatic N) is 5. The Kier molecular flexibility index (Phi) is 4.56. The van der Waals surface area contributed by atoms with Crippen LogP contribution < -0.4 is 4.90 Å². The molecule has 0 spiro atoms. The molecule has 168 valence electrons. The Labute approximate surface area is 200 Å². The molecule has 6 nitrogen and oxygen atoms in total. The normalized spacial score (nSPS) is 19.9. The van der Waals surface area contributed by atoms with Gasteiger partial charge in [-0.1, -0.05) is 36.9 Å². The van der Waals surface area contributed by atoms with Gasteiger partial charge in [-0.3, -0.25) is 9.20 Å². The monoisotopic (exact) mass is 475 g/mol. The van der Waals surface area contributed by atoms with Crippen molar-refractivity contribution in [3.8, 4) is 0 Å². The van der Waals surface area contributed by atoms with Crippen LogP contribution in [0.5, 0.6) is 0 Å². The molecule has 8 heteroatoms. The minimum absolute atomic E-state index is 0.130. The summed E-state index contributed by atoms with van der Waals surface area (Å²) in [5.74, 6) is 2.78. The van der Waals surface area contributed by atoms with E-state index in [4.69, 9.17) is 4.98 Å². The third kappa shape index (κ3) is 3.21. The number of thioether (sulfide) groups is 1. The zero-order valence-electron chi connectivity index (χ0n) is 18.6. The summed E-state index contributed by atoms with van der Waals surface area (Å²) in [6, 6.07) is 8.21. The van der Waals surface area contributed by atoms with Crippen molar-refractivity contribution >= 4 is 50.6 Å². The van der Waals surface area contributed by atoms with Gasteiger partial charge in [-0.15, -0.1) is 21.5 Å². The van der Waals surface area contributed by atoms with Gasteiger partial charge in [-0.2, -0.15) is 0 Å². The van der Waals surface area contributed by atoms with Crippen LogP contribution in [0.4, 0.5) is 5.69 Å². The Morgan fingerprint density at radius 2 is 2.06 bits per heavy atom. The first-order chi connectivity index (χ1) is 16.2. The highest BCUT2D eigenvalue weighted by Gasteiger charge is 2.33. The fraction of sp³-hybridized carbons (Fsp3) is 0.440. The molecule has 1 aliphatic heterocycles. The van der Waals surface area contributed by atoms with Crippen LogP contribution in [0.1, 0.15) is 53.9 Å². The number of carbonyl (C=O) groups excluding carboxylic acids is 1. The largest absolute Gasteiger partial charge is 0.311 e. The summed E-state index contributed by atoms with van der Waals surface area (Å²) in [6.45, 7) is 3.10. The number of benzene rings is 1. The summed E-state index contributed by atoms with van der Waals surface area (Å²) >= 11 is 3.35. The maximum absolute atomic E-state index is 13.1. The molecule has 4 aromatic rings. The first-order valence-electron chi connectivity index (χ1n) is 11.9. The Morgan fingerprint density at radius 1 is 1.18 bits per heavy atom. The molecule has 1 aromatic carbocycles. The summed E-state index contributed by atoms with van der Waals surface area (Å²) in [5, 5.41) is 11.2. The molecule has 7 rings (SSSR count). The predicted octanol–water partition coefficient (Wildman–Crippen LogP) is 5.02. The fourth-order valence-corrected chi connectivity index (χ4v) is 7.55. The van der Waals surface area contributed by atoms with Crippen LogP contribution in [-0.4, -0.2) is 37.8 Å². The highest BCUT2D eigenvalue weighted by Crippen LogP contribution is 2.44. The maximum Gasteiger partial charge on any atom is 0.237 e. The van der Waals surface area contributed by atoms with Crippen LogP contribution in [0.25, 0.3) is 15.9 Å². The predicted molar refractivity (Wildman–Crippen MR) is 133 cm³/mol. The summed E-state index contributed by atoms with van der Waals surface area (Å²) in [6.07, 6.45) is 6.72. The average molecular weight is 476 g/mol. The van der Waals surface area contributed by atoms with E-state index < -0.39 is 0 Å². The average Bonchev–Trinajstić information content (AvgIpc) is 3.28. The van der Waals surface area contributed by atoms with Gasteiger partial charge in [0.05, 0.1) is 11.1 Å². The number of hydrogen-bond acceptors (Lipinski definition) is 6. The third-order valence-corrected chi connectivity index (χ3v) is 9.31. The van der Waals surface area contributed by atoms with E-state index in [2.05, 4.69) is 27.6 Å². The van der Waals surface area contributed by atoms with Crippen molar-refractivity contribution in [2.75, 3.05) is 17.2 Å². The topological polar surface area (TPSA) is 63.4 Å². The van der Waals surface area contributed by atoms with E-state index in [1.54, 1.807) is 0 Å². The highest BCUT2D eigenvalue weighted by molar-refractivity contribution is 7.99. The molecule has 1 amide bonds. The second-order valence-corrected chi connectivity index (χ2v) is 11.7. The lowest BCUT2D eigenvalue weighted by molar-refractivity contribution is -0.116. The van der Waals surface area contributed by atoms with Crippen LogP contribution in [0.15, 0.2) is 29.4 Å². The molecule has 3 aromatic heterocycles. The number of amides is 1. The molecule has 3 aliphatic rings. The third-order valence-electron chi connectivity index (χ3n) is 7.25. The number of aromatic nitrogens is 4. The summed E-state index contributed by atoms with van der Waals surface area (Å²) in [5.41, 5.74) is 4.68. The Morgan fingerprint density at radius 3 is 2.94 bits per heavy atom. The Balaban J connectivity index is 1.25. The molecule has 4 heterocycles. The minimum atomic E-state index is 0.130. The van der Waals surface area contributed by atoms with Crippen molar-refractivity contribution in [1.29, 1.82) is 0 Å². The van der Waals surface area contributed by atoms with E-state index in [0.29, 0.717) is 11.7 Å². The van der Waals surface area contributed by atoms with Crippen molar-refractivity contribution in [2.24, 2.45) is 5.92 Å². The molecule has 0 radical (unpaired) electrons. The van der Waals surface area contributed by atoms with E-state index in [0.717, 1.165) is 58.9 Å². The molecule has 1 saturated carbocycles. The number of fused-ring (bicyclic) bond motifs is 6. The number of anilines is 1. The van der Waals surface area contributed by atoms with Gasteiger partial charge in [-0.05, 0) is 61.6 Å². The first-order valence-corrected chi connectivity index (χ1v) is 13.7. The number of aryl methyl sites for hydroxylation is 1. The van der Waals surface area contributed by atoms with Crippen molar-refractivity contribution in [3.63, 3.8) is 0 Å². The molecule has 0 unspecified atom stereocenters. The molecule has 33 heavy (non-hydrogen) atoms. The SMILES string of the molecule is C[C@@H]1CCc2c(sc3nc(C4CC4)n4c(SCC(=O)N5CCc6ccccc65)nnc4c23)C1. The summed E-state index contributed by atoms with van der Waals surface area (Å²) in [4.78, 5) is 22.8. The molecular weight excluding hydrogens is 450 g/mol. The van der Waals surface area contributed by atoms with Gasteiger partial charge in [0.15, 0.2) is 10.8 Å². The van der Waals surface area contributed by atoms with Gasteiger partial charge in [0.1, 0.15) is 10.7 Å². The summed E-state index contributed by atoms with van der Waals surface area (Å²) < 4.78 is 2.17. The van der Waals surface area contributed by atoms with Crippen LogP contribution >= 0.6 is 23.1 Å². The summed E-state index contributed by atoms with van der Waals surface area (Å²) in [7, 11) is 0. The maximum atomic E-state index is 13.1. The highest BCUT2D eigenvalue weighted by atomic mass is 32.2. The van der Waals surface area contributed by atoms with Crippen molar-refractivity contribution in [1.82, 2.24) is 19.6 Å². The molecule has 0 saturated heterocycles. The van der Waals surface area contributed by atoms with Crippen LogP contribution in [0, 0.1) is 5.92 Å². The van der Waals surface area contributed by atoms with Crippen molar-refractivity contribution in [2.45, 2.75) is 56.5 Å². The second-order valence-electron chi connectivity index (χ2n) is 9.63. The molecule has 0 bridgehead atoms. The number of carbonyl (C=O) groups is 1. The lowest BCUT2D eigenvalue weighted by Crippen LogP contribution is -2.30. The van der Waals surface area contributed by atoms with E-state index in [1.807, 2.05) is 34.4 Å². The van der Waals surface area contributed by atoms with E-state index in [1.165, 1.54) is 52.4 Å². The molecule has 1 atom stereocenters. The lowest BCUT2D eigenvalue weighted by Gasteiger charge is -2.17. The number of para-hydroxylation sites is 1. The smallest absolute Gasteiger partial charge is 0.237 e. The zero-order valence-corrected chi connectivity index (χ0v) is 20.2. The first kappa shape index (κ1) is 20.0. The quantitative estimate of drug-likeness (QED) is 0.388. The van der Waals surface area contributed by atoms with E-state index in [9.17, 15) is 4.79 Å². The molecule has 1 fully saturated rings. The van der Waals surface area contributed by atoms with E-state index in [-0.39, 0.29) is 5.91 Å². The van der Waals surface area contributed by atoms with Gasteiger partial charge >= 0.3 is 0 Å². The number of thiophene rings is 1. The van der Waals surface area contributed by atoms with Gasteiger partial charge in [0.2, 0.25) is 5.91 Å². The second kappa shape index (κ2) is 7.53. The number of rotatable bonds is 4. The van der Waals surface area contributed by atoms with Crippen molar-refractivity contribution < 1.29 is 4.79 Å². The van der Waals surface area contributed by atoms with E-state index >= 15 is 0 Å². The fourth-order valence-electron chi connectivity index (χ4n) is 5.35. The number of hydrogen-bond donors (Lipinski definition) is 0. The van der Waals surface area contributed by atoms with Gasteiger partial charge in [-0.25, -0.2) is 4.98 Å². The van der Waals surface area contributed by atoms with Gasteiger partial charge in [0.25, 0.3) is 0 Å². The van der Waals surface area contributed by atoms with Crippen LogP contribution in [-0.2, 0) is 24.1 Å². The molecule has 0 N–H and O–H groups in total.